The van der Waals surface area contributed by atoms with Gasteiger partial charge in [0, 0.05) is 12.7 Å². The number of hydrogen-bond donors (Lipinski definition) is 3. The molecule has 0 fully saturated rings. The predicted molar refractivity (Wildman–Crippen MR) is 109 cm³/mol. The molecule has 1 amide bonds. The molecule has 1 heterocycles. The summed E-state index contributed by atoms with van der Waals surface area (Å²) in [5.41, 5.74) is 1.97. The molecule has 0 bridgehead atoms. The van der Waals surface area contributed by atoms with Crippen molar-refractivity contribution < 1.29 is 14.3 Å². The van der Waals surface area contributed by atoms with Crippen molar-refractivity contribution >= 4 is 17.2 Å². The average Bonchev–Trinajstić information content (AvgIpc) is 3.32. The van der Waals surface area contributed by atoms with Crippen LogP contribution in [0, 0.1) is 11.3 Å². The Morgan fingerprint density at radius 3 is 2.70 bits per heavy atom. The van der Waals surface area contributed by atoms with Gasteiger partial charge in [-0.1, -0.05) is 18.2 Å². The second-order valence-electron chi connectivity index (χ2n) is 5.97. The van der Waals surface area contributed by atoms with E-state index in [0.29, 0.717) is 29.3 Å². The Hall–Kier alpha value is -4.39. The third kappa shape index (κ3) is 4.71. The number of aromatic amines is 1. The number of aromatic nitrogens is 4. The summed E-state index contributed by atoms with van der Waals surface area (Å²) in [6, 6.07) is 14.4. The number of hydrogen-bond acceptors (Lipinski definition) is 8. The number of allylic oxidation sites excluding steroid dienone is 1. The van der Waals surface area contributed by atoms with E-state index in [1.807, 2.05) is 12.1 Å². The summed E-state index contributed by atoms with van der Waals surface area (Å²) in [6.07, 6.45) is 1.42. The van der Waals surface area contributed by atoms with Crippen molar-refractivity contribution in [1.82, 2.24) is 25.9 Å². The molecule has 10 nitrogen and oxygen atoms in total. The van der Waals surface area contributed by atoms with Crippen LogP contribution in [0.3, 0.4) is 0 Å². The summed E-state index contributed by atoms with van der Waals surface area (Å²) in [5.74, 6) is 1.07. The lowest BCUT2D eigenvalue weighted by atomic mass is 10.1. The fourth-order valence-electron chi connectivity index (χ4n) is 2.65. The Bertz CT molecular complexity index is 1090. The van der Waals surface area contributed by atoms with Gasteiger partial charge in [0.2, 0.25) is 5.82 Å². The first-order chi connectivity index (χ1) is 14.7. The molecule has 0 aliphatic carbocycles. The number of nitriles is 1. The SMILES string of the molecule is COc1ccc(CNC(=O)c2ccccc2NC=C(C#N)c2nn[nH]n2)cc1OC. The Labute approximate surface area is 172 Å². The molecular formula is C20H19N7O3. The van der Waals surface area contributed by atoms with Crippen LogP contribution in [0.15, 0.2) is 48.7 Å². The van der Waals surface area contributed by atoms with E-state index in [-0.39, 0.29) is 17.3 Å². The number of ether oxygens (including phenoxy) is 2. The fraction of sp³-hybridized carbons (Fsp3) is 0.150. The van der Waals surface area contributed by atoms with Gasteiger partial charge in [0.15, 0.2) is 11.5 Å². The van der Waals surface area contributed by atoms with Gasteiger partial charge in [-0.3, -0.25) is 4.79 Å². The number of H-pyrrole nitrogens is 1. The first-order valence-electron chi connectivity index (χ1n) is 8.85. The van der Waals surface area contributed by atoms with Gasteiger partial charge < -0.3 is 20.1 Å². The van der Waals surface area contributed by atoms with Crippen molar-refractivity contribution in [2.45, 2.75) is 6.54 Å². The van der Waals surface area contributed by atoms with Crippen molar-refractivity contribution in [2.75, 3.05) is 19.5 Å². The Kier molecular flexibility index (Phi) is 6.58. The van der Waals surface area contributed by atoms with Crippen molar-refractivity contribution in [2.24, 2.45) is 0 Å². The molecule has 0 saturated heterocycles. The monoisotopic (exact) mass is 405 g/mol. The van der Waals surface area contributed by atoms with E-state index < -0.39 is 0 Å². The van der Waals surface area contributed by atoms with Crippen LogP contribution in [0.5, 0.6) is 11.5 Å². The molecule has 0 atom stereocenters. The molecule has 2 aromatic carbocycles. The third-order valence-electron chi connectivity index (χ3n) is 4.15. The molecule has 30 heavy (non-hydrogen) atoms. The van der Waals surface area contributed by atoms with Crippen LogP contribution in [-0.4, -0.2) is 40.8 Å². The first kappa shape index (κ1) is 20.3. The highest BCUT2D eigenvalue weighted by atomic mass is 16.5. The van der Waals surface area contributed by atoms with Crippen LogP contribution in [0.4, 0.5) is 5.69 Å². The number of methoxy groups -OCH3 is 2. The highest BCUT2D eigenvalue weighted by Crippen LogP contribution is 2.27. The maximum atomic E-state index is 12.7. The topological polar surface area (TPSA) is 138 Å². The second kappa shape index (κ2) is 9.70. The van der Waals surface area contributed by atoms with Gasteiger partial charge in [0.1, 0.15) is 11.6 Å². The number of nitrogens with one attached hydrogen (secondary N) is 3. The number of tetrazole rings is 1. The number of carbonyl (C=O) groups excluding carboxylic acids is 1. The Morgan fingerprint density at radius 1 is 1.20 bits per heavy atom. The smallest absolute Gasteiger partial charge is 0.253 e. The summed E-state index contributed by atoms with van der Waals surface area (Å²) in [4.78, 5) is 12.7. The number of para-hydroxylation sites is 1. The predicted octanol–water partition coefficient (Wildman–Crippen LogP) is 2.12. The molecule has 3 N–H and O–H groups in total. The number of amides is 1. The highest BCUT2D eigenvalue weighted by molar-refractivity contribution is 6.00. The Balaban J connectivity index is 1.72. The lowest BCUT2D eigenvalue weighted by Gasteiger charge is -2.12. The van der Waals surface area contributed by atoms with Crippen molar-refractivity contribution in [1.29, 1.82) is 5.26 Å². The molecular weight excluding hydrogens is 386 g/mol. The molecule has 0 spiro atoms. The summed E-state index contributed by atoms with van der Waals surface area (Å²) in [5, 5.41) is 28.4. The molecule has 1 aromatic heterocycles. The molecule has 152 valence electrons. The number of anilines is 1. The van der Waals surface area contributed by atoms with E-state index in [4.69, 9.17) is 9.47 Å². The zero-order valence-electron chi connectivity index (χ0n) is 16.3. The maximum Gasteiger partial charge on any atom is 0.253 e. The quantitative estimate of drug-likeness (QED) is 0.485. The molecule has 0 aliphatic rings. The minimum atomic E-state index is -0.278. The van der Waals surface area contributed by atoms with Crippen LogP contribution < -0.4 is 20.1 Å². The summed E-state index contributed by atoms with van der Waals surface area (Å²) in [6.45, 7) is 0.301. The van der Waals surface area contributed by atoms with Crippen LogP contribution >= 0.6 is 0 Å². The molecule has 0 aliphatic heterocycles. The zero-order valence-corrected chi connectivity index (χ0v) is 16.3. The zero-order chi connectivity index (χ0) is 21.3. The van der Waals surface area contributed by atoms with E-state index in [2.05, 4.69) is 31.3 Å². The number of nitrogens with zero attached hydrogens (tertiary/aromatic N) is 4. The van der Waals surface area contributed by atoms with Crippen LogP contribution in [0.25, 0.3) is 5.57 Å². The van der Waals surface area contributed by atoms with E-state index in [9.17, 15) is 10.1 Å². The van der Waals surface area contributed by atoms with Gasteiger partial charge in [-0.2, -0.15) is 10.5 Å². The van der Waals surface area contributed by atoms with Crippen molar-refractivity contribution in [3.05, 3.63) is 65.6 Å². The minimum Gasteiger partial charge on any atom is -0.493 e. The van der Waals surface area contributed by atoms with Gasteiger partial charge >= 0.3 is 0 Å². The van der Waals surface area contributed by atoms with Gasteiger partial charge in [0.25, 0.3) is 5.91 Å². The van der Waals surface area contributed by atoms with Gasteiger partial charge in [-0.05, 0) is 35.0 Å². The second-order valence-corrected chi connectivity index (χ2v) is 5.97. The molecule has 0 saturated carbocycles. The van der Waals surface area contributed by atoms with Gasteiger partial charge in [-0.15, -0.1) is 10.2 Å². The number of benzene rings is 2. The van der Waals surface area contributed by atoms with Gasteiger partial charge in [-0.25, -0.2) is 0 Å². The molecule has 0 radical (unpaired) electrons. The molecule has 3 aromatic rings. The minimum absolute atomic E-state index is 0.153. The average molecular weight is 405 g/mol. The summed E-state index contributed by atoms with van der Waals surface area (Å²) < 4.78 is 10.5. The normalized spacial score (nSPS) is 10.8. The highest BCUT2D eigenvalue weighted by Gasteiger charge is 2.12. The van der Waals surface area contributed by atoms with E-state index in [0.717, 1.165) is 5.56 Å². The molecule has 10 heteroatoms. The Morgan fingerprint density at radius 2 is 2.00 bits per heavy atom. The van der Waals surface area contributed by atoms with Crippen LogP contribution in [0.1, 0.15) is 21.7 Å². The maximum absolute atomic E-state index is 12.7. The van der Waals surface area contributed by atoms with Crippen molar-refractivity contribution in [3.63, 3.8) is 0 Å². The van der Waals surface area contributed by atoms with Crippen LogP contribution in [0.2, 0.25) is 0 Å². The third-order valence-corrected chi connectivity index (χ3v) is 4.15. The summed E-state index contributed by atoms with van der Waals surface area (Å²) in [7, 11) is 3.12. The number of carbonyl (C=O) groups is 1. The lowest BCUT2D eigenvalue weighted by molar-refractivity contribution is 0.0951. The molecule has 0 unspecified atom stereocenters. The van der Waals surface area contributed by atoms with Crippen LogP contribution in [-0.2, 0) is 6.54 Å². The lowest BCUT2D eigenvalue weighted by Crippen LogP contribution is -2.23. The van der Waals surface area contributed by atoms with Crippen molar-refractivity contribution in [3.8, 4) is 17.6 Å². The standard InChI is InChI=1S/C20H19N7O3/c1-29-17-8-7-13(9-18(17)30-2)11-23-20(28)15-5-3-4-6-16(15)22-12-14(10-21)19-24-26-27-25-19/h3-9,12,22H,11H2,1-2H3,(H,23,28)(H,24,25,26,27). The van der Waals surface area contributed by atoms with E-state index in [1.54, 1.807) is 50.6 Å². The molecule has 3 rings (SSSR count). The largest absolute Gasteiger partial charge is 0.493 e. The van der Waals surface area contributed by atoms with E-state index in [1.165, 1.54) is 6.20 Å². The summed E-state index contributed by atoms with van der Waals surface area (Å²) >= 11 is 0. The number of rotatable bonds is 8. The first-order valence-corrected chi connectivity index (χ1v) is 8.85. The van der Waals surface area contributed by atoms with Gasteiger partial charge in [0.05, 0.1) is 25.5 Å². The fourth-order valence-corrected chi connectivity index (χ4v) is 2.65. The van der Waals surface area contributed by atoms with E-state index >= 15 is 0 Å².